The number of hydrogen-bond acceptors (Lipinski definition) is 4. The summed E-state index contributed by atoms with van der Waals surface area (Å²) >= 11 is 9.10. The highest BCUT2D eigenvalue weighted by molar-refractivity contribution is 9.10. The molecule has 1 aromatic heterocycles. The monoisotopic (exact) mass is 340 g/mol. The van der Waals surface area contributed by atoms with Crippen molar-refractivity contribution in [2.45, 2.75) is 6.61 Å². The van der Waals surface area contributed by atoms with Gasteiger partial charge in [0.25, 0.3) is 0 Å². The second-order valence-corrected chi connectivity index (χ2v) is 5.00. The maximum Gasteiger partial charge on any atom is 0.340 e. The first-order valence-corrected chi connectivity index (χ1v) is 6.56. The van der Waals surface area contributed by atoms with Crippen molar-refractivity contribution in [3.63, 3.8) is 0 Å². The summed E-state index contributed by atoms with van der Waals surface area (Å²) in [4.78, 5) is 15.7. The normalized spacial score (nSPS) is 10.2. The van der Waals surface area contributed by atoms with Crippen LogP contribution in [0.5, 0.6) is 0 Å². The Morgan fingerprint density at radius 2 is 2.16 bits per heavy atom. The van der Waals surface area contributed by atoms with Gasteiger partial charge >= 0.3 is 5.97 Å². The van der Waals surface area contributed by atoms with E-state index in [1.165, 1.54) is 12.3 Å². The lowest BCUT2D eigenvalue weighted by atomic mass is 10.2. The Hall–Kier alpha value is -1.59. The van der Waals surface area contributed by atoms with Crippen molar-refractivity contribution in [2.75, 3.05) is 5.73 Å². The average molecular weight is 342 g/mol. The van der Waals surface area contributed by atoms with E-state index in [4.69, 9.17) is 22.1 Å². The van der Waals surface area contributed by atoms with Gasteiger partial charge in [-0.25, -0.2) is 9.78 Å². The summed E-state index contributed by atoms with van der Waals surface area (Å²) in [5, 5.41) is 0.196. The van der Waals surface area contributed by atoms with Crippen LogP contribution < -0.4 is 5.73 Å². The molecule has 0 saturated carbocycles. The third kappa shape index (κ3) is 3.45. The first-order chi connectivity index (χ1) is 9.08. The number of rotatable bonds is 3. The van der Waals surface area contributed by atoms with E-state index in [1.807, 2.05) is 24.3 Å². The number of esters is 1. The standard InChI is InChI=1S/C13H10BrClN2O2/c14-10-4-2-1-3-8(10)7-19-13(18)9-5-12(15)17-6-11(9)16/h1-6H,7,16H2. The number of aromatic nitrogens is 1. The minimum absolute atomic E-state index is 0.152. The molecule has 98 valence electrons. The number of hydrogen-bond donors (Lipinski definition) is 1. The lowest BCUT2D eigenvalue weighted by molar-refractivity contribution is 0.0473. The fraction of sp³-hybridized carbons (Fsp3) is 0.0769. The van der Waals surface area contributed by atoms with Crippen molar-refractivity contribution in [1.29, 1.82) is 0 Å². The number of carbonyl (C=O) groups excluding carboxylic acids is 1. The molecule has 2 aromatic rings. The van der Waals surface area contributed by atoms with Crippen molar-refractivity contribution in [3.8, 4) is 0 Å². The number of anilines is 1. The minimum Gasteiger partial charge on any atom is -0.457 e. The van der Waals surface area contributed by atoms with Gasteiger partial charge in [-0.3, -0.25) is 0 Å². The molecule has 0 atom stereocenters. The highest BCUT2D eigenvalue weighted by atomic mass is 79.9. The summed E-state index contributed by atoms with van der Waals surface area (Å²) in [5.41, 5.74) is 6.98. The van der Waals surface area contributed by atoms with Gasteiger partial charge in [-0.15, -0.1) is 0 Å². The maximum absolute atomic E-state index is 11.9. The summed E-state index contributed by atoms with van der Waals surface area (Å²) in [6.07, 6.45) is 1.33. The van der Waals surface area contributed by atoms with Gasteiger partial charge in [-0.2, -0.15) is 0 Å². The quantitative estimate of drug-likeness (QED) is 0.686. The molecule has 0 radical (unpaired) electrons. The van der Waals surface area contributed by atoms with Crippen LogP contribution in [0.1, 0.15) is 15.9 Å². The Morgan fingerprint density at radius 1 is 1.42 bits per heavy atom. The zero-order valence-electron chi connectivity index (χ0n) is 9.77. The van der Waals surface area contributed by atoms with Crippen molar-refractivity contribution in [2.24, 2.45) is 0 Å². The molecule has 0 spiro atoms. The van der Waals surface area contributed by atoms with Gasteiger partial charge in [0.05, 0.1) is 17.4 Å². The molecule has 1 aromatic carbocycles. The molecule has 0 bridgehead atoms. The number of nitrogen functional groups attached to an aromatic ring is 1. The lowest BCUT2D eigenvalue weighted by Gasteiger charge is -2.08. The predicted molar refractivity (Wildman–Crippen MR) is 76.9 cm³/mol. The van der Waals surface area contributed by atoms with Gasteiger partial charge in [-0.05, 0) is 12.1 Å². The number of nitrogens with zero attached hydrogens (tertiary/aromatic N) is 1. The largest absolute Gasteiger partial charge is 0.457 e. The predicted octanol–water partition coefficient (Wildman–Crippen LogP) is 3.44. The highest BCUT2D eigenvalue weighted by Crippen LogP contribution is 2.19. The molecule has 19 heavy (non-hydrogen) atoms. The number of carbonyl (C=O) groups is 1. The van der Waals surface area contributed by atoms with Crippen LogP contribution >= 0.6 is 27.5 Å². The molecule has 0 aliphatic heterocycles. The Labute approximate surface area is 123 Å². The molecule has 0 aliphatic carbocycles. The number of ether oxygens (including phenoxy) is 1. The van der Waals surface area contributed by atoms with E-state index in [0.717, 1.165) is 10.0 Å². The number of halogens is 2. The van der Waals surface area contributed by atoms with E-state index >= 15 is 0 Å². The van der Waals surface area contributed by atoms with E-state index in [0.29, 0.717) is 0 Å². The van der Waals surface area contributed by atoms with Crippen LogP contribution in [0.3, 0.4) is 0 Å². The van der Waals surface area contributed by atoms with Gasteiger partial charge in [-0.1, -0.05) is 45.7 Å². The Morgan fingerprint density at radius 3 is 2.89 bits per heavy atom. The first kappa shape index (κ1) is 13.8. The molecule has 0 unspecified atom stereocenters. The summed E-state index contributed by atoms with van der Waals surface area (Å²) in [6, 6.07) is 8.88. The molecule has 0 saturated heterocycles. The molecule has 4 nitrogen and oxygen atoms in total. The summed E-state index contributed by atoms with van der Waals surface area (Å²) in [5.74, 6) is -0.530. The molecule has 0 aliphatic rings. The first-order valence-electron chi connectivity index (χ1n) is 5.39. The second kappa shape index (κ2) is 6.04. The van der Waals surface area contributed by atoms with Crippen LogP contribution in [0, 0.1) is 0 Å². The number of benzene rings is 1. The zero-order chi connectivity index (χ0) is 13.8. The van der Waals surface area contributed by atoms with E-state index in [2.05, 4.69) is 20.9 Å². The molecule has 1 heterocycles. The van der Waals surface area contributed by atoms with Gasteiger partial charge in [0.1, 0.15) is 11.8 Å². The van der Waals surface area contributed by atoms with E-state index in [9.17, 15) is 4.79 Å². The molecule has 0 amide bonds. The lowest BCUT2D eigenvalue weighted by Crippen LogP contribution is -2.09. The van der Waals surface area contributed by atoms with E-state index < -0.39 is 5.97 Å². The van der Waals surface area contributed by atoms with E-state index in [1.54, 1.807) is 0 Å². The fourth-order valence-electron chi connectivity index (χ4n) is 1.45. The molecular weight excluding hydrogens is 332 g/mol. The molecule has 6 heteroatoms. The minimum atomic E-state index is -0.530. The second-order valence-electron chi connectivity index (χ2n) is 3.76. The zero-order valence-corrected chi connectivity index (χ0v) is 12.1. The third-order valence-electron chi connectivity index (χ3n) is 2.44. The molecule has 2 rings (SSSR count). The van der Waals surface area contributed by atoms with Gasteiger partial charge in [0.2, 0.25) is 0 Å². The average Bonchev–Trinajstić information content (AvgIpc) is 2.40. The van der Waals surface area contributed by atoms with Crippen molar-refractivity contribution >= 4 is 39.2 Å². The van der Waals surface area contributed by atoms with Crippen LogP contribution in [0.4, 0.5) is 5.69 Å². The SMILES string of the molecule is Nc1cnc(Cl)cc1C(=O)OCc1ccccc1Br. The van der Waals surface area contributed by atoms with Crippen molar-refractivity contribution < 1.29 is 9.53 Å². The summed E-state index contributed by atoms with van der Waals surface area (Å²) in [6.45, 7) is 0.152. The molecule has 0 fully saturated rings. The van der Waals surface area contributed by atoms with Crippen LogP contribution in [0.25, 0.3) is 0 Å². The third-order valence-corrected chi connectivity index (χ3v) is 3.42. The maximum atomic E-state index is 11.9. The number of pyridine rings is 1. The van der Waals surface area contributed by atoms with Gasteiger partial charge in [0, 0.05) is 10.0 Å². The van der Waals surface area contributed by atoms with Gasteiger partial charge in [0.15, 0.2) is 0 Å². The number of nitrogens with two attached hydrogens (primary N) is 1. The van der Waals surface area contributed by atoms with Crippen molar-refractivity contribution in [3.05, 3.63) is 57.3 Å². The molecular formula is C13H10BrClN2O2. The van der Waals surface area contributed by atoms with Crippen LogP contribution in [0.2, 0.25) is 5.15 Å². The summed E-state index contributed by atoms with van der Waals surface area (Å²) in [7, 11) is 0. The topological polar surface area (TPSA) is 65.2 Å². The Kier molecular flexibility index (Phi) is 4.39. The highest BCUT2D eigenvalue weighted by Gasteiger charge is 2.13. The van der Waals surface area contributed by atoms with Crippen LogP contribution in [-0.4, -0.2) is 11.0 Å². The smallest absolute Gasteiger partial charge is 0.340 e. The molecule has 2 N–H and O–H groups in total. The van der Waals surface area contributed by atoms with Crippen LogP contribution in [0.15, 0.2) is 41.0 Å². The summed E-state index contributed by atoms with van der Waals surface area (Å²) < 4.78 is 6.07. The Bertz CT molecular complexity index is 619. The van der Waals surface area contributed by atoms with Crippen LogP contribution in [-0.2, 0) is 11.3 Å². The Balaban J connectivity index is 2.10. The van der Waals surface area contributed by atoms with E-state index in [-0.39, 0.29) is 23.0 Å². The fourth-order valence-corrected chi connectivity index (χ4v) is 2.01. The van der Waals surface area contributed by atoms with Crippen molar-refractivity contribution in [1.82, 2.24) is 4.98 Å². The van der Waals surface area contributed by atoms with Gasteiger partial charge < -0.3 is 10.5 Å².